The van der Waals surface area contributed by atoms with Gasteiger partial charge in [-0.05, 0) is 0 Å². The maximum absolute atomic E-state index is 11.5. The average molecular weight is 107 g/mol. The number of halogens is 2. The Hall–Kier alpha value is -0.400. The number of rotatable bonds is 1. The summed E-state index contributed by atoms with van der Waals surface area (Å²) in [5.74, 6) is -2.87. The van der Waals surface area contributed by atoms with Gasteiger partial charge < -0.3 is 0 Å². The maximum atomic E-state index is 11.5. The van der Waals surface area contributed by atoms with E-state index in [1.165, 1.54) is 0 Å². The Morgan fingerprint density at radius 1 is 1.71 bits per heavy atom. The molecule has 0 aromatic rings. The normalized spacial score (nSPS) is 10.6. The molecule has 0 fully saturated rings. The first-order valence-corrected chi connectivity index (χ1v) is 1.79. The van der Waals surface area contributed by atoms with Crippen LogP contribution in [0.2, 0.25) is 0 Å². The predicted octanol–water partition coefficient (Wildman–Crippen LogP) is 1.42. The standard InChI is InChI=1S/C4H5F2O/c1-4(5,6)2-3-7/h2H2,1H3/q+1. The molecule has 0 radical (unpaired) electrons. The molecule has 0 N–H and O–H groups in total. The van der Waals surface area contributed by atoms with Gasteiger partial charge >= 0.3 is 38.8 Å². The van der Waals surface area contributed by atoms with E-state index in [0.717, 1.165) is 6.15 Å². The first-order chi connectivity index (χ1) is 3.06. The van der Waals surface area contributed by atoms with Gasteiger partial charge in [0.15, 0.2) is 0 Å². The van der Waals surface area contributed by atoms with E-state index >= 15 is 0 Å². The van der Waals surface area contributed by atoms with E-state index in [9.17, 15) is 13.4 Å². The van der Waals surface area contributed by atoms with Crippen molar-refractivity contribution in [2.45, 2.75) is 19.3 Å². The molecule has 0 saturated carbocycles. The van der Waals surface area contributed by atoms with Crippen LogP contribution in [0.3, 0.4) is 0 Å². The summed E-state index contributed by atoms with van der Waals surface area (Å²) in [4.78, 5) is 0. The molecule has 3 heteroatoms. The Morgan fingerprint density at radius 3 is 2.14 bits per heavy atom. The minimum absolute atomic E-state index is 0.678. The number of alkyl halides is 2. The van der Waals surface area contributed by atoms with Gasteiger partial charge in [-0.25, -0.2) is 0 Å². The summed E-state index contributed by atoms with van der Waals surface area (Å²) in [6.45, 7) is 0.678. The topological polar surface area (TPSA) is 19.9 Å². The molecule has 0 rings (SSSR count). The molecule has 0 aromatic heterocycles. The summed E-state index contributed by atoms with van der Waals surface area (Å²) in [6.07, 6.45) is 0.309. The van der Waals surface area contributed by atoms with Crippen molar-refractivity contribution in [3.63, 3.8) is 0 Å². The van der Waals surface area contributed by atoms with Crippen molar-refractivity contribution in [2.75, 3.05) is 0 Å². The Labute approximate surface area is 40.0 Å². The summed E-state index contributed by atoms with van der Waals surface area (Å²) >= 11 is 0. The SMILES string of the molecule is CC(F)(F)CC#[O+]. The third kappa shape index (κ3) is 5.60. The van der Waals surface area contributed by atoms with Gasteiger partial charge in [-0.1, -0.05) is 0 Å². The van der Waals surface area contributed by atoms with Crippen LogP contribution in [0.4, 0.5) is 8.78 Å². The second-order valence-electron chi connectivity index (χ2n) is 1.39. The third-order valence-corrected chi connectivity index (χ3v) is 0.383. The van der Waals surface area contributed by atoms with Crippen LogP contribution in [-0.4, -0.2) is 5.92 Å². The van der Waals surface area contributed by atoms with Gasteiger partial charge in [0.25, 0.3) is 0 Å². The predicted molar refractivity (Wildman–Crippen MR) is 19.8 cm³/mol. The van der Waals surface area contributed by atoms with Crippen LogP contribution in [-0.2, 0) is 4.65 Å². The van der Waals surface area contributed by atoms with Crippen LogP contribution in [0.25, 0.3) is 0 Å². The molecule has 7 heavy (non-hydrogen) atoms. The van der Waals surface area contributed by atoms with Gasteiger partial charge in [-0.15, -0.1) is 0 Å². The van der Waals surface area contributed by atoms with E-state index in [-0.39, 0.29) is 0 Å². The second-order valence-corrected chi connectivity index (χ2v) is 1.39. The molecule has 0 heterocycles. The third-order valence-electron chi connectivity index (χ3n) is 0.383. The van der Waals surface area contributed by atoms with Gasteiger partial charge in [0, 0.05) is 0 Å². The van der Waals surface area contributed by atoms with Crippen LogP contribution in [0.1, 0.15) is 13.3 Å². The summed E-state index contributed by atoms with van der Waals surface area (Å²) in [6, 6.07) is 0. The van der Waals surface area contributed by atoms with Gasteiger partial charge in [0.2, 0.25) is 0 Å². The van der Waals surface area contributed by atoms with Crippen LogP contribution in [0, 0.1) is 6.15 Å². The second kappa shape index (κ2) is 2.05. The van der Waals surface area contributed by atoms with Crippen molar-refractivity contribution in [2.24, 2.45) is 0 Å². The average Bonchev–Trinajstić information content (AvgIpc) is 1.30. The number of hydrogen-bond donors (Lipinski definition) is 0. The summed E-state index contributed by atoms with van der Waals surface area (Å²) < 4.78 is 32.1. The summed E-state index contributed by atoms with van der Waals surface area (Å²) in [5.41, 5.74) is 0. The summed E-state index contributed by atoms with van der Waals surface area (Å²) in [5, 5.41) is 0. The van der Waals surface area contributed by atoms with E-state index in [1.807, 2.05) is 0 Å². The zero-order valence-corrected chi connectivity index (χ0v) is 3.87. The molecule has 0 aliphatic heterocycles. The van der Waals surface area contributed by atoms with Gasteiger partial charge in [-0.2, -0.15) is 0 Å². The molecule has 0 bridgehead atoms. The molecular formula is C4H5F2O+. The molecule has 0 atom stereocenters. The van der Waals surface area contributed by atoms with Crippen LogP contribution in [0.15, 0.2) is 0 Å². The van der Waals surface area contributed by atoms with Crippen LogP contribution in [0.5, 0.6) is 0 Å². The van der Waals surface area contributed by atoms with Crippen molar-refractivity contribution in [1.29, 1.82) is 0 Å². The Kier molecular flexibility index (Phi) is 1.93. The zero-order valence-electron chi connectivity index (χ0n) is 3.87. The number of hydrogen-bond acceptors (Lipinski definition) is 0. The first-order valence-electron chi connectivity index (χ1n) is 1.79. The Balaban J connectivity index is 3.40. The quantitative estimate of drug-likeness (QED) is 0.451. The molecule has 1 nitrogen and oxygen atoms in total. The Morgan fingerprint density at radius 2 is 2.14 bits per heavy atom. The van der Waals surface area contributed by atoms with E-state index in [2.05, 4.69) is 0 Å². The molecule has 0 spiro atoms. The van der Waals surface area contributed by atoms with Gasteiger partial charge in [0.1, 0.15) is 0 Å². The van der Waals surface area contributed by atoms with Gasteiger partial charge in [0.05, 0.1) is 0 Å². The Bertz CT molecular complexity index is 86.8. The first kappa shape index (κ1) is 6.60. The van der Waals surface area contributed by atoms with Crippen molar-refractivity contribution in [3.05, 3.63) is 0 Å². The van der Waals surface area contributed by atoms with Crippen molar-refractivity contribution in [3.8, 4) is 6.15 Å². The van der Waals surface area contributed by atoms with Crippen LogP contribution >= 0.6 is 0 Å². The summed E-state index contributed by atoms with van der Waals surface area (Å²) in [7, 11) is 0. The van der Waals surface area contributed by atoms with Crippen molar-refractivity contribution >= 4 is 0 Å². The van der Waals surface area contributed by atoms with E-state index in [1.54, 1.807) is 0 Å². The van der Waals surface area contributed by atoms with E-state index in [0.29, 0.717) is 6.92 Å². The molecule has 40 valence electrons. The van der Waals surface area contributed by atoms with Crippen molar-refractivity contribution in [1.82, 2.24) is 0 Å². The van der Waals surface area contributed by atoms with Crippen molar-refractivity contribution < 1.29 is 13.4 Å². The van der Waals surface area contributed by atoms with E-state index < -0.39 is 12.3 Å². The molecular weight excluding hydrogens is 102 g/mol. The molecule has 0 amide bonds. The van der Waals surface area contributed by atoms with Crippen LogP contribution < -0.4 is 0 Å². The molecule has 0 aliphatic rings. The molecule has 0 aromatic carbocycles. The fraction of sp³-hybridized carbons (Fsp3) is 0.750. The van der Waals surface area contributed by atoms with Gasteiger partial charge in [-0.3, -0.25) is 0 Å². The molecule has 0 unspecified atom stereocenters. The molecule has 0 saturated heterocycles. The van der Waals surface area contributed by atoms with E-state index in [4.69, 9.17) is 0 Å². The zero-order chi connectivity index (χ0) is 5.91. The fourth-order valence-corrected chi connectivity index (χ4v) is 0.127. The molecule has 0 aliphatic carbocycles. The fourth-order valence-electron chi connectivity index (χ4n) is 0.127. The minimum atomic E-state index is -2.87. The monoisotopic (exact) mass is 107 g/mol.